The van der Waals surface area contributed by atoms with Gasteiger partial charge in [-0.05, 0) is 48.2 Å². The summed E-state index contributed by atoms with van der Waals surface area (Å²) >= 11 is 3.61. The van der Waals surface area contributed by atoms with Gasteiger partial charge in [0.15, 0.2) is 11.3 Å². The minimum Gasteiger partial charge on any atom is -0.323 e. The molecule has 1 N–H and O–H groups in total. The third kappa shape index (κ3) is 4.15. The molecule has 4 aromatic rings. The Kier molecular flexibility index (Phi) is 6.90. The van der Waals surface area contributed by atoms with Crippen molar-refractivity contribution in [3.05, 3.63) is 135 Å². The van der Waals surface area contributed by atoms with Gasteiger partial charge >= 0.3 is 0 Å². The van der Waals surface area contributed by atoms with Crippen LogP contribution in [0.25, 0.3) is 0 Å². The van der Waals surface area contributed by atoms with E-state index in [1.54, 1.807) is 23.1 Å². The van der Waals surface area contributed by atoms with Crippen molar-refractivity contribution < 1.29 is 14.4 Å². The molecule has 2 amide bonds. The molecule has 0 aliphatic carbocycles. The summed E-state index contributed by atoms with van der Waals surface area (Å²) in [6, 6.07) is 31.6. The number of hydrogen-bond donors (Lipinski definition) is 1. The molecule has 6 rings (SSSR count). The molecule has 4 atom stereocenters. The van der Waals surface area contributed by atoms with Gasteiger partial charge in [0.05, 0.1) is 5.92 Å². The molecule has 206 valence electrons. The number of carbonyl (C=O) groups is 3. The molecule has 6 heteroatoms. The molecule has 5 nitrogen and oxygen atoms in total. The maximum atomic E-state index is 14.9. The summed E-state index contributed by atoms with van der Waals surface area (Å²) in [6.07, 6.45) is 0. The second kappa shape index (κ2) is 10.4. The van der Waals surface area contributed by atoms with Crippen LogP contribution in [0.3, 0.4) is 0 Å². The highest BCUT2D eigenvalue weighted by molar-refractivity contribution is 9.10. The molecule has 0 saturated carbocycles. The summed E-state index contributed by atoms with van der Waals surface area (Å²) in [5.41, 5.74) is 2.46. The van der Waals surface area contributed by atoms with E-state index in [0.29, 0.717) is 22.4 Å². The lowest BCUT2D eigenvalue weighted by atomic mass is 9.68. The number of rotatable bonds is 5. The van der Waals surface area contributed by atoms with Crippen LogP contribution in [0, 0.1) is 18.8 Å². The van der Waals surface area contributed by atoms with Gasteiger partial charge in [-0.1, -0.05) is 109 Å². The summed E-state index contributed by atoms with van der Waals surface area (Å²) in [7, 11) is 0. The first kappa shape index (κ1) is 27.2. The molecule has 0 radical (unpaired) electrons. The first-order chi connectivity index (χ1) is 19.8. The average Bonchev–Trinajstić information content (AvgIpc) is 3.46. The number of halogens is 1. The number of Topliss-reactive ketones (excluding diaryl/α,β-unsaturated/α-hetero) is 1. The number of fused-ring (bicyclic) bond motifs is 2. The van der Waals surface area contributed by atoms with E-state index in [0.717, 1.165) is 15.6 Å². The molecule has 2 heterocycles. The van der Waals surface area contributed by atoms with Crippen molar-refractivity contribution in [1.82, 2.24) is 4.90 Å². The minimum absolute atomic E-state index is 0.0670. The van der Waals surface area contributed by atoms with E-state index < -0.39 is 23.4 Å². The van der Waals surface area contributed by atoms with Crippen LogP contribution < -0.4 is 5.32 Å². The van der Waals surface area contributed by atoms with Crippen molar-refractivity contribution in [2.24, 2.45) is 11.8 Å². The van der Waals surface area contributed by atoms with Gasteiger partial charge in [-0.2, -0.15) is 0 Å². The van der Waals surface area contributed by atoms with E-state index in [9.17, 15) is 14.4 Å². The third-order valence-electron chi connectivity index (χ3n) is 8.64. The predicted octanol–water partition coefficient (Wildman–Crippen LogP) is 7.37. The lowest BCUT2D eigenvalue weighted by Gasteiger charge is -2.40. The summed E-state index contributed by atoms with van der Waals surface area (Å²) in [5.74, 6) is -2.15. The number of nitrogens with one attached hydrogen (secondary N) is 1. The Morgan fingerprint density at radius 2 is 1.51 bits per heavy atom. The third-order valence-corrected chi connectivity index (χ3v) is 9.14. The number of likely N-dealkylation sites (tertiary alicyclic amines) is 1. The number of amides is 2. The Balaban J connectivity index is 1.73. The van der Waals surface area contributed by atoms with Crippen LogP contribution in [-0.2, 0) is 10.3 Å². The van der Waals surface area contributed by atoms with E-state index in [2.05, 4.69) is 35.1 Å². The number of anilines is 1. The Bertz CT molecular complexity index is 1650. The average molecular weight is 608 g/mol. The highest BCUT2D eigenvalue weighted by Gasteiger charge is 2.70. The van der Waals surface area contributed by atoms with Crippen molar-refractivity contribution >= 4 is 39.2 Å². The molecule has 0 bridgehead atoms. The van der Waals surface area contributed by atoms with Crippen LogP contribution >= 0.6 is 15.9 Å². The van der Waals surface area contributed by atoms with E-state index in [1.807, 2.05) is 91.9 Å². The zero-order valence-electron chi connectivity index (χ0n) is 23.2. The molecular weight excluding hydrogens is 576 g/mol. The second-order valence-corrected chi connectivity index (χ2v) is 12.2. The van der Waals surface area contributed by atoms with Crippen LogP contribution in [0.1, 0.15) is 57.2 Å². The normalized spacial score (nSPS) is 23.1. The number of carbonyl (C=O) groups excluding carboxylic acids is 3. The number of ketones is 1. The van der Waals surface area contributed by atoms with Crippen LogP contribution in [0.4, 0.5) is 5.69 Å². The van der Waals surface area contributed by atoms with Crippen LogP contribution in [0.15, 0.2) is 108 Å². The maximum Gasteiger partial charge on any atom is 0.255 e. The van der Waals surface area contributed by atoms with Crippen LogP contribution in [-0.4, -0.2) is 28.5 Å². The minimum atomic E-state index is -1.57. The van der Waals surface area contributed by atoms with Gasteiger partial charge in [-0.15, -0.1) is 0 Å². The summed E-state index contributed by atoms with van der Waals surface area (Å²) in [6.45, 7) is 6.04. The predicted molar refractivity (Wildman–Crippen MR) is 164 cm³/mol. The van der Waals surface area contributed by atoms with E-state index in [4.69, 9.17) is 0 Å². The highest BCUT2D eigenvalue weighted by atomic mass is 79.9. The van der Waals surface area contributed by atoms with Crippen LogP contribution in [0.2, 0.25) is 0 Å². The molecule has 1 fully saturated rings. The zero-order valence-corrected chi connectivity index (χ0v) is 24.8. The summed E-state index contributed by atoms with van der Waals surface area (Å²) < 4.78 is 0.769. The van der Waals surface area contributed by atoms with Gasteiger partial charge in [0.2, 0.25) is 0 Å². The number of nitrogens with zero attached hydrogens (tertiary/aromatic N) is 1. The van der Waals surface area contributed by atoms with E-state index in [1.165, 1.54) is 0 Å². The van der Waals surface area contributed by atoms with Gasteiger partial charge in [0, 0.05) is 38.8 Å². The van der Waals surface area contributed by atoms with Crippen molar-refractivity contribution in [2.75, 3.05) is 5.32 Å². The molecule has 2 aliphatic rings. The van der Waals surface area contributed by atoms with Crippen LogP contribution in [0.5, 0.6) is 0 Å². The van der Waals surface area contributed by atoms with Crippen molar-refractivity contribution in [1.29, 1.82) is 0 Å². The lowest BCUT2D eigenvalue weighted by molar-refractivity contribution is -0.127. The highest BCUT2D eigenvalue weighted by Crippen LogP contribution is 2.60. The van der Waals surface area contributed by atoms with Gasteiger partial charge in [0.25, 0.3) is 11.8 Å². The molecule has 2 aliphatic heterocycles. The number of hydrogen-bond acceptors (Lipinski definition) is 3. The maximum absolute atomic E-state index is 14.9. The fraction of sp³-hybridized carbons (Fsp3) is 0.229. The SMILES string of the molecule is Cc1ccccc1C(=O)N1C(C(C)C)C(c2ccccc2)C(C(=O)c2ccccc2)C12C(=O)Nc1ccc(Br)cc12. The lowest BCUT2D eigenvalue weighted by Crippen LogP contribution is -2.57. The van der Waals surface area contributed by atoms with Crippen molar-refractivity contribution in [3.63, 3.8) is 0 Å². The molecule has 4 aromatic carbocycles. The Morgan fingerprint density at radius 1 is 0.878 bits per heavy atom. The molecule has 4 unspecified atom stereocenters. The van der Waals surface area contributed by atoms with Crippen molar-refractivity contribution in [3.8, 4) is 0 Å². The van der Waals surface area contributed by atoms with Gasteiger partial charge in [-0.3, -0.25) is 14.4 Å². The fourth-order valence-corrected chi connectivity index (χ4v) is 7.34. The molecule has 1 spiro atoms. The zero-order chi connectivity index (χ0) is 28.9. The number of aryl methyl sites for hydroxylation is 1. The standard InChI is InChI=1S/C35H31BrN2O3/c1-21(2)31-29(23-13-6-4-7-14-23)30(32(39)24-15-8-5-9-16-24)35(27-20-25(36)18-19-28(27)37-34(35)41)38(31)33(40)26-17-11-10-12-22(26)3/h4-21,29-31H,1-3H3,(H,37,41). The Hall–Kier alpha value is -4.03. The largest absolute Gasteiger partial charge is 0.323 e. The van der Waals surface area contributed by atoms with Crippen molar-refractivity contribution in [2.45, 2.75) is 38.3 Å². The van der Waals surface area contributed by atoms with Gasteiger partial charge in [0.1, 0.15) is 0 Å². The Morgan fingerprint density at radius 3 is 2.17 bits per heavy atom. The summed E-state index contributed by atoms with van der Waals surface area (Å²) in [4.78, 5) is 46.1. The van der Waals surface area contributed by atoms with Gasteiger partial charge in [-0.25, -0.2) is 0 Å². The van der Waals surface area contributed by atoms with E-state index in [-0.39, 0.29) is 23.5 Å². The smallest absolute Gasteiger partial charge is 0.255 e. The quantitative estimate of drug-likeness (QED) is 0.241. The van der Waals surface area contributed by atoms with E-state index >= 15 is 0 Å². The van der Waals surface area contributed by atoms with Gasteiger partial charge < -0.3 is 10.2 Å². The molecule has 0 aromatic heterocycles. The first-order valence-corrected chi connectivity index (χ1v) is 14.7. The Labute approximate surface area is 248 Å². The topological polar surface area (TPSA) is 66.5 Å². The first-order valence-electron chi connectivity index (χ1n) is 13.9. The second-order valence-electron chi connectivity index (χ2n) is 11.3. The molecule has 1 saturated heterocycles. The monoisotopic (exact) mass is 606 g/mol. The fourth-order valence-electron chi connectivity index (χ4n) is 6.98. The molecule has 41 heavy (non-hydrogen) atoms. The molecular formula is C35H31BrN2O3. The summed E-state index contributed by atoms with van der Waals surface area (Å²) in [5, 5.41) is 3.07. The number of benzene rings is 4.